The van der Waals surface area contributed by atoms with Gasteiger partial charge >= 0.3 is 0 Å². The SMILES string of the molecule is OC1=C(O)C2=NC1=CC1=NC(=CC3=NC(=CC4=NC(=C2O)C(O)=C4c2ccccc2)C=C3)C=C1.[Ag]. The predicted molar refractivity (Wildman–Crippen MR) is 130 cm³/mol. The summed E-state index contributed by atoms with van der Waals surface area (Å²) in [6, 6.07) is 9.12. The van der Waals surface area contributed by atoms with Crippen LogP contribution in [0.4, 0.5) is 0 Å². The van der Waals surface area contributed by atoms with Crippen LogP contribution in [0.25, 0.3) is 5.57 Å². The summed E-state index contributed by atoms with van der Waals surface area (Å²) in [4.78, 5) is 17.7. The minimum Gasteiger partial charge on any atom is -0.505 e. The molecule has 0 saturated heterocycles. The van der Waals surface area contributed by atoms with Crippen molar-refractivity contribution in [2.45, 2.75) is 0 Å². The molecule has 5 aliphatic rings. The molecule has 35 heavy (non-hydrogen) atoms. The van der Waals surface area contributed by atoms with Gasteiger partial charge in [0.05, 0.1) is 34.1 Å². The predicted octanol–water partition coefficient (Wildman–Crippen LogP) is 4.65. The topological polar surface area (TPSA) is 130 Å². The average molecular weight is 556 g/mol. The fraction of sp³-hybridized carbons (Fsp3) is 0. The molecule has 6 rings (SSSR count). The van der Waals surface area contributed by atoms with Crippen molar-refractivity contribution < 1.29 is 42.8 Å². The first-order valence-corrected chi connectivity index (χ1v) is 10.4. The number of aliphatic hydroxyl groups is 4. The van der Waals surface area contributed by atoms with E-state index in [1.165, 1.54) is 6.08 Å². The largest absolute Gasteiger partial charge is 0.505 e. The molecule has 0 aliphatic carbocycles. The summed E-state index contributed by atoms with van der Waals surface area (Å²) in [6.45, 7) is 0. The number of benzene rings is 1. The van der Waals surface area contributed by atoms with E-state index in [0.29, 0.717) is 39.7 Å². The minimum atomic E-state index is -0.623. The molecule has 0 saturated carbocycles. The van der Waals surface area contributed by atoms with Crippen LogP contribution < -0.4 is 0 Å². The molecule has 0 unspecified atom stereocenters. The van der Waals surface area contributed by atoms with Gasteiger partial charge in [0, 0.05) is 22.4 Å². The number of allylic oxidation sites excluding steroid dienone is 8. The van der Waals surface area contributed by atoms with Gasteiger partial charge < -0.3 is 20.4 Å². The normalized spacial score (nSPS) is 20.3. The molecule has 0 spiro atoms. The van der Waals surface area contributed by atoms with Gasteiger partial charge in [-0.15, -0.1) is 0 Å². The summed E-state index contributed by atoms with van der Waals surface area (Å²) in [5.41, 5.74) is 3.43. The molecule has 9 heteroatoms. The van der Waals surface area contributed by atoms with Gasteiger partial charge in [0.1, 0.15) is 5.70 Å². The van der Waals surface area contributed by atoms with E-state index in [0.717, 1.165) is 0 Å². The second kappa shape index (κ2) is 8.52. The first-order chi connectivity index (χ1) is 16.5. The zero-order valence-electron chi connectivity index (χ0n) is 17.8. The first kappa shape index (κ1) is 22.5. The van der Waals surface area contributed by atoms with Gasteiger partial charge in [-0.2, -0.15) is 0 Å². The zero-order valence-corrected chi connectivity index (χ0v) is 19.3. The molecule has 0 atom stereocenters. The molecule has 1 radical (unpaired) electrons. The van der Waals surface area contributed by atoms with Crippen LogP contribution in [0.3, 0.4) is 0 Å². The van der Waals surface area contributed by atoms with Gasteiger partial charge in [0.25, 0.3) is 0 Å². The standard InChI is InChI=1S/C26H16N4O4.Ag/c31-23-19-12-17-9-7-15(28-17)10-14-6-8-16(27-14)11-18-20(13-4-2-1-3-5-13)24(32)21(29-18)25(33)22(30-19)26(23)34;/h1-12,31-34H;. The maximum absolute atomic E-state index is 11.1. The second-order valence-electron chi connectivity index (χ2n) is 7.85. The number of hydrogen-bond donors (Lipinski definition) is 4. The Labute approximate surface area is 215 Å². The van der Waals surface area contributed by atoms with Crippen molar-refractivity contribution in [3.63, 3.8) is 0 Å². The summed E-state index contributed by atoms with van der Waals surface area (Å²) in [6.07, 6.45) is 12.2. The number of rotatable bonds is 1. The van der Waals surface area contributed by atoms with E-state index in [9.17, 15) is 20.4 Å². The van der Waals surface area contributed by atoms with Crippen LogP contribution in [0.1, 0.15) is 5.56 Å². The maximum Gasteiger partial charge on any atom is 0.190 e. The van der Waals surface area contributed by atoms with Gasteiger partial charge in [-0.1, -0.05) is 30.3 Å². The molecule has 8 bridgehead atoms. The van der Waals surface area contributed by atoms with Crippen LogP contribution in [-0.2, 0) is 22.4 Å². The monoisotopic (exact) mass is 555 g/mol. The summed E-state index contributed by atoms with van der Waals surface area (Å²) in [5.74, 6) is -1.99. The molecule has 8 nitrogen and oxygen atoms in total. The third-order valence-electron chi connectivity index (χ3n) is 5.62. The Balaban J connectivity index is 0.00000253. The Kier molecular flexibility index (Phi) is 5.49. The molecular weight excluding hydrogens is 540 g/mol. The van der Waals surface area contributed by atoms with Gasteiger partial charge in [0.15, 0.2) is 34.4 Å². The van der Waals surface area contributed by atoms with Crippen molar-refractivity contribution >= 4 is 28.4 Å². The van der Waals surface area contributed by atoms with Crippen molar-refractivity contribution in [3.8, 4) is 0 Å². The quantitative estimate of drug-likeness (QED) is 0.376. The number of aliphatic hydroxyl groups excluding tert-OH is 4. The smallest absolute Gasteiger partial charge is 0.190 e. The molecule has 0 aromatic heterocycles. The van der Waals surface area contributed by atoms with Crippen LogP contribution in [-0.4, -0.2) is 43.3 Å². The van der Waals surface area contributed by atoms with E-state index < -0.39 is 17.3 Å². The van der Waals surface area contributed by atoms with Crippen molar-refractivity contribution in [2.75, 3.05) is 0 Å². The molecule has 5 heterocycles. The number of aliphatic imine (C=N–C) groups is 4. The third kappa shape index (κ3) is 3.79. The summed E-state index contributed by atoms with van der Waals surface area (Å²) in [7, 11) is 0. The minimum absolute atomic E-state index is 0. The van der Waals surface area contributed by atoms with E-state index in [4.69, 9.17) is 0 Å². The molecule has 1 aromatic carbocycles. The van der Waals surface area contributed by atoms with E-state index in [2.05, 4.69) is 20.0 Å². The summed E-state index contributed by atoms with van der Waals surface area (Å²) < 4.78 is 0. The third-order valence-corrected chi connectivity index (χ3v) is 5.62. The van der Waals surface area contributed by atoms with E-state index in [1.54, 1.807) is 24.3 Å². The van der Waals surface area contributed by atoms with Crippen LogP contribution in [0, 0.1) is 0 Å². The second-order valence-corrected chi connectivity index (χ2v) is 7.85. The molecule has 5 aliphatic heterocycles. The Morgan fingerprint density at radius 1 is 0.571 bits per heavy atom. The number of fused-ring (bicyclic) bond motifs is 4. The Morgan fingerprint density at radius 3 is 1.94 bits per heavy atom. The molecule has 4 N–H and O–H groups in total. The molecule has 0 amide bonds. The van der Waals surface area contributed by atoms with Crippen LogP contribution in [0.2, 0.25) is 0 Å². The van der Waals surface area contributed by atoms with Crippen molar-refractivity contribution in [2.24, 2.45) is 20.0 Å². The molecular formula is C26H16AgN4O4. The fourth-order valence-electron chi connectivity index (χ4n) is 4.01. The molecule has 175 valence electrons. The summed E-state index contributed by atoms with van der Waals surface area (Å²) >= 11 is 0. The maximum atomic E-state index is 11.1. The number of hydrogen-bond acceptors (Lipinski definition) is 8. The Morgan fingerprint density at radius 2 is 1.23 bits per heavy atom. The molecule has 1 aromatic rings. The molecule has 0 fully saturated rings. The van der Waals surface area contributed by atoms with Crippen molar-refractivity contribution in [1.29, 1.82) is 0 Å². The van der Waals surface area contributed by atoms with Crippen molar-refractivity contribution in [3.05, 3.63) is 124 Å². The van der Waals surface area contributed by atoms with E-state index in [1.807, 2.05) is 42.5 Å². The van der Waals surface area contributed by atoms with Gasteiger partial charge in [-0.3, -0.25) is 0 Å². The van der Waals surface area contributed by atoms with Gasteiger partial charge in [-0.25, -0.2) is 20.0 Å². The Hall–Kier alpha value is -4.24. The van der Waals surface area contributed by atoms with Gasteiger partial charge in [-0.05, 0) is 48.1 Å². The van der Waals surface area contributed by atoms with Gasteiger partial charge in [0.2, 0.25) is 0 Å². The van der Waals surface area contributed by atoms with E-state index in [-0.39, 0.29) is 45.2 Å². The van der Waals surface area contributed by atoms with Crippen LogP contribution in [0.5, 0.6) is 0 Å². The van der Waals surface area contributed by atoms with Crippen molar-refractivity contribution in [1.82, 2.24) is 0 Å². The fourth-order valence-corrected chi connectivity index (χ4v) is 4.01. The average Bonchev–Trinajstić information content (AvgIpc) is 3.59. The summed E-state index contributed by atoms with van der Waals surface area (Å²) in [5, 5.41) is 43.0. The zero-order chi connectivity index (χ0) is 23.4. The first-order valence-electron chi connectivity index (χ1n) is 10.4. The van der Waals surface area contributed by atoms with E-state index >= 15 is 0 Å². The van der Waals surface area contributed by atoms with Crippen LogP contribution >= 0.6 is 0 Å². The van der Waals surface area contributed by atoms with Crippen LogP contribution in [0.15, 0.2) is 139 Å². The Bertz CT molecular complexity index is 1560. The number of nitrogens with zero attached hydrogens (tertiary/aromatic N) is 4.